The van der Waals surface area contributed by atoms with E-state index in [1.54, 1.807) is 7.11 Å². The Hall–Kier alpha value is -3.28. The fourth-order valence-corrected chi connectivity index (χ4v) is 4.43. The van der Waals surface area contributed by atoms with Crippen molar-refractivity contribution in [1.29, 1.82) is 0 Å². The highest BCUT2D eigenvalue weighted by Gasteiger charge is 2.41. The molecule has 1 aromatic heterocycles. The summed E-state index contributed by atoms with van der Waals surface area (Å²) in [6.45, 7) is 7.98. The molecule has 1 N–H and O–H groups in total. The molecule has 1 amide bonds. The lowest BCUT2D eigenvalue weighted by molar-refractivity contribution is 0.0740. The predicted octanol–water partition coefficient (Wildman–Crippen LogP) is 6.25. The average molecular weight is 462 g/mol. The van der Waals surface area contributed by atoms with E-state index in [0.717, 1.165) is 59.6 Å². The van der Waals surface area contributed by atoms with E-state index in [2.05, 4.69) is 43.1 Å². The smallest absolute Gasteiger partial charge is 0.273 e. The molecule has 0 saturated carbocycles. The normalized spacial score (nSPS) is 15.1. The molecule has 0 radical (unpaired) electrons. The topological polar surface area (TPSA) is 67.5 Å². The molecule has 0 fully saturated rings. The van der Waals surface area contributed by atoms with Gasteiger partial charge in [0.15, 0.2) is 0 Å². The molecule has 3 aromatic rings. The van der Waals surface area contributed by atoms with Crippen LogP contribution in [0.25, 0.3) is 11.3 Å². The molecule has 1 aliphatic rings. The van der Waals surface area contributed by atoms with Crippen LogP contribution in [0.5, 0.6) is 11.5 Å². The molecule has 6 heteroatoms. The average Bonchev–Trinajstić information content (AvgIpc) is 3.39. The third-order valence-electron chi connectivity index (χ3n) is 6.39. The molecule has 4 rings (SSSR count). The summed E-state index contributed by atoms with van der Waals surface area (Å²) < 4.78 is 11.2. The number of methoxy groups -OCH3 is 1. The molecular formula is C28H35N3O3. The molecule has 0 spiro atoms. The lowest BCUT2D eigenvalue weighted by Gasteiger charge is -2.26. The van der Waals surface area contributed by atoms with Crippen molar-refractivity contribution in [2.45, 2.75) is 52.5 Å². The number of fused-ring (bicyclic) bond motifs is 1. The maximum atomic E-state index is 13.4. The molecule has 1 unspecified atom stereocenters. The molecule has 0 bridgehead atoms. The second-order valence-corrected chi connectivity index (χ2v) is 9.30. The zero-order chi connectivity index (χ0) is 24.1. The van der Waals surface area contributed by atoms with Gasteiger partial charge in [-0.1, -0.05) is 45.7 Å². The van der Waals surface area contributed by atoms with E-state index in [0.29, 0.717) is 24.8 Å². The molecule has 6 nitrogen and oxygen atoms in total. The third-order valence-corrected chi connectivity index (χ3v) is 6.39. The van der Waals surface area contributed by atoms with Crippen molar-refractivity contribution in [3.8, 4) is 22.8 Å². The largest absolute Gasteiger partial charge is 0.497 e. The Labute approximate surface area is 202 Å². The van der Waals surface area contributed by atoms with Gasteiger partial charge in [0.2, 0.25) is 0 Å². The minimum absolute atomic E-state index is 0.0145. The molecule has 180 valence electrons. The van der Waals surface area contributed by atoms with Crippen molar-refractivity contribution in [2.24, 2.45) is 5.92 Å². The van der Waals surface area contributed by atoms with Gasteiger partial charge < -0.3 is 14.4 Å². The van der Waals surface area contributed by atoms with Crippen LogP contribution in [-0.2, 0) is 0 Å². The van der Waals surface area contributed by atoms with Gasteiger partial charge in [-0.25, -0.2) is 0 Å². The van der Waals surface area contributed by atoms with Gasteiger partial charge >= 0.3 is 0 Å². The number of aromatic amines is 1. The fourth-order valence-electron chi connectivity index (χ4n) is 4.43. The predicted molar refractivity (Wildman–Crippen MR) is 134 cm³/mol. The molecule has 1 aliphatic heterocycles. The minimum Gasteiger partial charge on any atom is -0.497 e. The van der Waals surface area contributed by atoms with Crippen LogP contribution >= 0.6 is 0 Å². The second kappa shape index (κ2) is 10.8. The first-order valence-corrected chi connectivity index (χ1v) is 12.3. The van der Waals surface area contributed by atoms with Crippen molar-refractivity contribution < 1.29 is 14.3 Å². The number of benzene rings is 2. The molecule has 0 saturated heterocycles. The number of carbonyl (C=O) groups excluding carboxylic acids is 1. The number of nitrogens with one attached hydrogen (secondary N) is 1. The van der Waals surface area contributed by atoms with E-state index in [-0.39, 0.29) is 11.9 Å². The molecular weight excluding hydrogens is 426 g/mol. The third kappa shape index (κ3) is 4.96. The highest BCUT2D eigenvalue weighted by Crippen LogP contribution is 2.43. The van der Waals surface area contributed by atoms with Gasteiger partial charge in [0.25, 0.3) is 5.91 Å². The van der Waals surface area contributed by atoms with Gasteiger partial charge in [-0.3, -0.25) is 9.89 Å². The summed E-state index contributed by atoms with van der Waals surface area (Å²) in [7, 11) is 1.65. The zero-order valence-corrected chi connectivity index (χ0v) is 20.6. The number of carbonyl (C=O) groups is 1. The van der Waals surface area contributed by atoms with Crippen LogP contribution in [0.2, 0.25) is 0 Å². The number of H-pyrrole nitrogens is 1. The van der Waals surface area contributed by atoms with Gasteiger partial charge in [0.1, 0.15) is 17.2 Å². The SMILES string of the molecule is CCCCCN1C(=O)c2[nH]nc(-c3ccc(OC)cc3)c2C1c1ccc(OCCC(C)C)cc1. The number of hydrogen-bond donors (Lipinski definition) is 1. The number of amides is 1. The molecule has 2 aromatic carbocycles. The Kier molecular flexibility index (Phi) is 7.56. The number of nitrogens with zero attached hydrogens (tertiary/aromatic N) is 2. The van der Waals surface area contributed by atoms with E-state index < -0.39 is 0 Å². The van der Waals surface area contributed by atoms with Gasteiger partial charge in [0.05, 0.1) is 25.5 Å². The van der Waals surface area contributed by atoms with Crippen molar-refractivity contribution in [1.82, 2.24) is 15.1 Å². The van der Waals surface area contributed by atoms with Crippen molar-refractivity contribution in [2.75, 3.05) is 20.3 Å². The maximum absolute atomic E-state index is 13.4. The van der Waals surface area contributed by atoms with Crippen molar-refractivity contribution in [3.63, 3.8) is 0 Å². The standard InChI is InChI=1S/C28H35N3O3/c1-5-6-7-17-31-27(21-10-14-23(15-11-21)34-18-16-19(2)3)24-25(29-30-26(24)28(31)32)20-8-12-22(33-4)13-9-20/h8-15,19,27H,5-7,16-18H2,1-4H3,(H,29,30). The van der Waals surface area contributed by atoms with Crippen LogP contribution in [0.3, 0.4) is 0 Å². The summed E-state index contributed by atoms with van der Waals surface area (Å²) in [5.74, 6) is 2.27. The van der Waals surface area contributed by atoms with Crippen molar-refractivity contribution >= 4 is 5.91 Å². The molecule has 2 heterocycles. The highest BCUT2D eigenvalue weighted by molar-refractivity contribution is 6.00. The molecule has 0 aliphatic carbocycles. The van der Waals surface area contributed by atoms with E-state index in [4.69, 9.17) is 9.47 Å². The van der Waals surface area contributed by atoms with Crippen LogP contribution in [0.1, 0.15) is 74.1 Å². The summed E-state index contributed by atoms with van der Waals surface area (Å²) in [4.78, 5) is 15.4. The van der Waals surface area contributed by atoms with Gasteiger partial charge in [-0.2, -0.15) is 5.10 Å². The monoisotopic (exact) mass is 461 g/mol. The number of ether oxygens (including phenoxy) is 2. The first-order chi connectivity index (χ1) is 16.5. The zero-order valence-electron chi connectivity index (χ0n) is 20.6. The molecule has 34 heavy (non-hydrogen) atoms. The van der Waals surface area contributed by atoms with Gasteiger partial charge in [-0.05, 0) is 60.7 Å². The Morgan fingerprint density at radius 2 is 1.74 bits per heavy atom. The van der Waals surface area contributed by atoms with Gasteiger partial charge in [0, 0.05) is 17.7 Å². The van der Waals surface area contributed by atoms with E-state index in [1.165, 1.54) is 0 Å². The Bertz CT molecular complexity index is 1090. The fraction of sp³-hybridized carbons (Fsp3) is 0.429. The van der Waals surface area contributed by atoms with Crippen LogP contribution in [-0.4, -0.2) is 41.3 Å². The van der Waals surface area contributed by atoms with E-state index in [9.17, 15) is 4.79 Å². The van der Waals surface area contributed by atoms with E-state index >= 15 is 0 Å². The summed E-state index contributed by atoms with van der Waals surface area (Å²) in [6, 6.07) is 15.8. The number of unbranched alkanes of at least 4 members (excludes halogenated alkanes) is 2. The van der Waals surface area contributed by atoms with Crippen LogP contribution in [0.4, 0.5) is 0 Å². The number of rotatable bonds is 11. The first-order valence-electron chi connectivity index (χ1n) is 12.3. The second-order valence-electron chi connectivity index (χ2n) is 9.30. The Balaban J connectivity index is 1.67. The minimum atomic E-state index is -0.181. The number of hydrogen-bond acceptors (Lipinski definition) is 4. The Morgan fingerprint density at radius 1 is 1.03 bits per heavy atom. The maximum Gasteiger partial charge on any atom is 0.273 e. The quantitative estimate of drug-likeness (QED) is 0.343. The summed E-state index contributed by atoms with van der Waals surface area (Å²) in [5, 5.41) is 7.59. The summed E-state index contributed by atoms with van der Waals surface area (Å²) in [6.07, 6.45) is 4.20. The lowest BCUT2D eigenvalue weighted by atomic mass is 9.96. The van der Waals surface area contributed by atoms with E-state index in [1.807, 2.05) is 41.3 Å². The molecule has 1 atom stereocenters. The van der Waals surface area contributed by atoms with Crippen LogP contribution in [0, 0.1) is 5.92 Å². The van der Waals surface area contributed by atoms with Crippen LogP contribution in [0.15, 0.2) is 48.5 Å². The first kappa shape index (κ1) is 23.9. The van der Waals surface area contributed by atoms with Crippen LogP contribution < -0.4 is 9.47 Å². The van der Waals surface area contributed by atoms with Gasteiger partial charge in [-0.15, -0.1) is 0 Å². The Morgan fingerprint density at radius 3 is 2.38 bits per heavy atom. The van der Waals surface area contributed by atoms with Crippen molar-refractivity contribution in [3.05, 3.63) is 65.4 Å². The number of aromatic nitrogens is 2. The lowest BCUT2D eigenvalue weighted by Crippen LogP contribution is -2.30. The summed E-state index contributed by atoms with van der Waals surface area (Å²) in [5.41, 5.74) is 4.37. The highest BCUT2D eigenvalue weighted by atomic mass is 16.5. The summed E-state index contributed by atoms with van der Waals surface area (Å²) >= 11 is 0.